The van der Waals surface area contributed by atoms with Crippen molar-refractivity contribution in [3.8, 4) is 5.75 Å². The molecule has 0 aliphatic carbocycles. The van der Waals surface area contributed by atoms with Crippen LogP contribution in [0.15, 0.2) is 91.0 Å². The largest absolute Gasteiger partial charge is 0.484 e. The number of nitrogens with zero attached hydrogens (tertiary/aromatic N) is 1. The maximum Gasteiger partial charge on any atom is 0.357 e. The highest BCUT2D eigenvalue weighted by Crippen LogP contribution is 2.35. The van der Waals surface area contributed by atoms with Crippen LogP contribution in [0.3, 0.4) is 0 Å². The van der Waals surface area contributed by atoms with E-state index in [-0.39, 0.29) is 13.0 Å². The molecule has 3 aromatic carbocycles. The molecule has 2 aliphatic rings. The number of carbonyl (C=O) groups is 3. The predicted octanol–water partition coefficient (Wildman–Crippen LogP) is 2.81. The summed E-state index contributed by atoms with van der Waals surface area (Å²) in [6, 6.07) is 26.3. The van der Waals surface area contributed by atoms with Crippen LogP contribution < -0.4 is 10.1 Å². The topological polar surface area (TPSA) is 103 Å². The maximum atomic E-state index is 13.4. The number of methoxy groups -OCH3 is 1. The summed E-state index contributed by atoms with van der Waals surface area (Å²) in [6.07, 6.45) is -2.47. The lowest BCUT2D eigenvalue weighted by Gasteiger charge is -2.53. The van der Waals surface area contributed by atoms with Crippen molar-refractivity contribution in [2.45, 2.75) is 37.1 Å². The Morgan fingerprint density at radius 2 is 1.53 bits per heavy atom. The molecule has 5 rings (SSSR count). The second-order valence-corrected chi connectivity index (χ2v) is 8.99. The average Bonchev–Trinajstić information content (AvgIpc) is 2.98. The molecule has 9 nitrogen and oxygen atoms in total. The Morgan fingerprint density at radius 3 is 2.11 bits per heavy atom. The Labute approximate surface area is 220 Å². The van der Waals surface area contributed by atoms with Crippen molar-refractivity contribution >= 4 is 17.8 Å². The molecule has 9 heteroatoms. The van der Waals surface area contributed by atoms with Gasteiger partial charge in [0.25, 0.3) is 5.91 Å². The fourth-order valence-electron chi connectivity index (χ4n) is 4.69. The minimum atomic E-state index is -1.31. The van der Waals surface area contributed by atoms with E-state index in [4.69, 9.17) is 18.9 Å². The number of β-lactam (4-membered cyclic amide) rings is 1. The van der Waals surface area contributed by atoms with Gasteiger partial charge in [0.1, 0.15) is 11.8 Å². The van der Waals surface area contributed by atoms with Gasteiger partial charge in [-0.3, -0.25) is 14.5 Å². The number of carbonyl (C=O) groups excluding carboxylic acids is 3. The Kier molecular flexibility index (Phi) is 7.67. The van der Waals surface area contributed by atoms with Crippen molar-refractivity contribution in [2.75, 3.05) is 13.7 Å². The average molecular weight is 517 g/mol. The lowest BCUT2D eigenvalue weighted by Crippen LogP contribution is -2.77. The fraction of sp³-hybridized carbons (Fsp3) is 0.276. The number of esters is 1. The zero-order chi connectivity index (χ0) is 26.5. The van der Waals surface area contributed by atoms with Crippen molar-refractivity contribution in [3.63, 3.8) is 0 Å². The molecule has 0 radical (unpaired) electrons. The number of nitrogens with one attached hydrogen (secondary N) is 1. The normalized spacial score (nSPS) is 22.3. The molecule has 2 heterocycles. The van der Waals surface area contributed by atoms with Crippen LogP contribution in [0.2, 0.25) is 0 Å². The van der Waals surface area contributed by atoms with Crippen LogP contribution in [0.4, 0.5) is 0 Å². The SMILES string of the molecule is CO[C@@H]1C[C@H]2[C@H](NC(=O)COc3ccccc3)C(=O)N2[C@@H](C(=O)OC(c2ccccc2)c2ccccc2)O1. The molecule has 2 saturated heterocycles. The monoisotopic (exact) mass is 516 g/mol. The first kappa shape index (κ1) is 25.4. The Hall–Kier alpha value is -4.21. The van der Waals surface area contributed by atoms with E-state index in [0.29, 0.717) is 5.75 Å². The zero-order valence-corrected chi connectivity index (χ0v) is 20.8. The Morgan fingerprint density at radius 1 is 0.947 bits per heavy atom. The lowest BCUT2D eigenvalue weighted by atomic mass is 9.89. The van der Waals surface area contributed by atoms with Crippen LogP contribution >= 0.6 is 0 Å². The van der Waals surface area contributed by atoms with Crippen molar-refractivity contribution in [1.29, 1.82) is 0 Å². The summed E-state index contributed by atoms with van der Waals surface area (Å²) >= 11 is 0. The van der Waals surface area contributed by atoms with E-state index in [1.165, 1.54) is 12.0 Å². The molecule has 196 valence electrons. The van der Waals surface area contributed by atoms with Crippen LogP contribution in [0, 0.1) is 0 Å². The molecule has 0 spiro atoms. The van der Waals surface area contributed by atoms with E-state index >= 15 is 0 Å². The number of para-hydroxylation sites is 1. The zero-order valence-electron chi connectivity index (χ0n) is 20.8. The second-order valence-electron chi connectivity index (χ2n) is 8.99. The number of rotatable bonds is 9. The van der Waals surface area contributed by atoms with Crippen LogP contribution in [0.5, 0.6) is 5.75 Å². The first-order valence-electron chi connectivity index (χ1n) is 12.3. The molecule has 0 saturated carbocycles. The molecular weight excluding hydrogens is 488 g/mol. The molecule has 2 fully saturated rings. The molecule has 3 aromatic rings. The van der Waals surface area contributed by atoms with Gasteiger partial charge >= 0.3 is 5.97 Å². The Bertz CT molecular complexity index is 1220. The molecule has 2 amide bonds. The van der Waals surface area contributed by atoms with Gasteiger partial charge in [-0.05, 0) is 23.3 Å². The third-order valence-electron chi connectivity index (χ3n) is 6.56. The maximum absolute atomic E-state index is 13.4. The van der Waals surface area contributed by atoms with Crippen LogP contribution in [0.25, 0.3) is 0 Å². The summed E-state index contributed by atoms with van der Waals surface area (Å²) in [6.45, 7) is -0.244. The highest BCUT2D eigenvalue weighted by Gasteiger charge is 2.58. The van der Waals surface area contributed by atoms with Gasteiger partial charge in [0.15, 0.2) is 19.0 Å². The highest BCUT2D eigenvalue weighted by molar-refractivity contribution is 5.96. The third-order valence-corrected chi connectivity index (χ3v) is 6.56. The van der Waals surface area contributed by atoms with Gasteiger partial charge in [-0.25, -0.2) is 4.79 Å². The van der Waals surface area contributed by atoms with Crippen molar-refractivity contribution in [3.05, 3.63) is 102 Å². The highest BCUT2D eigenvalue weighted by atomic mass is 16.7. The molecule has 0 aromatic heterocycles. The number of fused-ring (bicyclic) bond motifs is 1. The summed E-state index contributed by atoms with van der Waals surface area (Å²) < 4.78 is 22.6. The molecule has 2 aliphatic heterocycles. The minimum Gasteiger partial charge on any atom is -0.484 e. The smallest absolute Gasteiger partial charge is 0.357 e. The first-order valence-corrected chi connectivity index (χ1v) is 12.3. The van der Waals surface area contributed by atoms with Crippen molar-refractivity contribution < 1.29 is 33.3 Å². The van der Waals surface area contributed by atoms with Crippen molar-refractivity contribution in [1.82, 2.24) is 10.2 Å². The summed E-state index contributed by atoms with van der Waals surface area (Å²) in [7, 11) is 1.46. The van der Waals surface area contributed by atoms with Gasteiger partial charge in [0.2, 0.25) is 12.1 Å². The third kappa shape index (κ3) is 5.39. The summed E-state index contributed by atoms with van der Waals surface area (Å²) in [5.74, 6) is -1.06. The fourth-order valence-corrected chi connectivity index (χ4v) is 4.69. The standard InChI is InChI=1S/C29H28N2O7/c1-35-24-17-22-25(30-23(32)18-36-21-15-9-4-10-16-21)27(33)31(22)28(37-24)29(34)38-26(19-11-5-2-6-12-19)20-13-7-3-8-14-20/h2-16,22,24-26,28H,17-18H2,1H3,(H,30,32)/t22-,24-,25-,28+/m0/s1. The lowest BCUT2D eigenvalue weighted by molar-refractivity contribution is -0.265. The van der Waals surface area contributed by atoms with Gasteiger partial charge in [-0.1, -0.05) is 78.9 Å². The van der Waals surface area contributed by atoms with Gasteiger partial charge < -0.3 is 24.3 Å². The van der Waals surface area contributed by atoms with E-state index in [1.54, 1.807) is 24.3 Å². The van der Waals surface area contributed by atoms with E-state index < -0.39 is 48.5 Å². The molecule has 0 unspecified atom stereocenters. The van der Waals surface area contributed by atoms with E-state index in [9.17, 15) is 14.4 Å². The number of hydrogen-bond donors (Lipinski definition) is 1. The molecule has 4 atom stereocenters. The number of amides is 2. The first-order chi connectivity index (χ1) is 18.5. The van der Waals surface area contributed by atoms with Crippen LogP contribution in [-0.2, 0) is 28.6 Å². The van der Waals surface area contributed by atoms with Crippen LogP contribution in [-0.4, -0.2) is 61.0 Å². The van der Waals surface area contributed by atoms with E-state index in [0.717, 1.165) is 11.1 Å². The molecular formula is C29H28N2O7. The predicted molar refractivity (Wildman–Crippen MR) is 136 cm³/mol. The summed E-state index contributed by atoms with van der Waals surface area (Å²) in [5.41, 5.74) is 1.56. The van der Waals surface area contributed by atoms with E-state index in [1.807, 2.05) is 66.7 Å². The van der Waals surface area contributed by atoms with Gasteiger partial charge in [0, 0.05) is 13.5 Å². The summed E-state index contributed by atoms with van der Waals surface area (Å²) in [5, 5.41) is 2.71. The quantitative estimate of drug-likeness (QED) is 0.345. The number of hydrogen-bond acceptors (Lipinski definition) is 7. The molecule has 1 N–H and O–H groups in total. The van der Waals surface area contributed by atoms with E-state index in [2.05, 4.69) is 5.32 Å². The van der Waals surface area contributed by atoms with Gasteiger partial charge in [-0.2, -0.15) is 0 Å². The van der Waals surface area contributed by atoms with Crippen molar-refractivity contribution in [2.24, 2.45) is 0 Å². The van der Waals surface area contributed by atoms with Crippen LogP contribution in [0.1, 0.15) is 23.7 Å². The van der Waals surface area contributed by atoms with Gasteiger partial charge in [-0.15, -0.1) is 0 Å². The summed E-state index contributed by atoms with van der Waals surface area (Å²) in [4.78, 5) is 40.3. The minimum absolute atomic E-state index is 0.244. The molecule has 38 heavy (non-hydrogen) atoms. The molecule has 0 bridgehead atoms. The second kappa shape index (κ2) is 11.5. The van der Waals surface area contributed by atoms with Gasteiger partial charge in [0.05, 0.1) is 6.04 Å². The number of benzene rings is 3. The number of ether oxygens (including phenoxy) is 4. The Balaban J connectivity index is 1.28.